The van der Waals surface area contributed by atoms with Crippen molar-refractivity contribution in [2.45, 2.75) is 19.8 Å². The lowest BCUT2D eigenvalue weighted by atomic mass is 10.3. The van der Waals surface area contributed by atoms with Crippen LogP contribution in [0.15, 0.2) is 47.7 Å². The van der Waals surface area contributed by atoms with E-state index in [1.165, 1.54) is 0 Å². The van der Waals surface area contributed by atoms with Gasteiger partial charge in [-0.1, -0.05) is 6.07 Å². The molecule has 3 aromatic rings. The van der Waals surface area contributed by atoms with Crippen molar-refractivity contribution in [2.75, 3.05) is 25.1 Å². The van der Waals surface area contributed by atoms with Gasteiger partial charge in [-0.05, 0) is 30.7 Å². The highest BCUT2D eigenvalue weighted by molar-refractivity contribution is 14.0. The first-order valence-electron chi connectivity index (χ1n) is 9.09. The van der Waals surface area contributed by atoms with Crippen LogP contribution in [0.2, 0.25) is 0 Å². The lowest BCUT2D eigenvalue weighted by Crippen LogP contribution is -2.23. The van der Waals surface area contributed by atoms with Crippen molar-refractivity contribution in [1.82, 2.24) is 9.38 Å². The fourth-order valence-electron chi connectivity index (χ4n) is 3.04. The third kappa shape index (κ3) is 4.67. The number of aryl methyl sites for hydroxylation is 1. The summed E-state index contributed by atoms with van der Waals surface area (Å²) in [5.74, 6) is 1.85. The summed E-state index contributed by atoms with van der Waals surface area (Å²) in [7, 11) is 0. The number of imidazole rings is 1. The molecule has 1 aliphatic heterocycles. The zero-order valence-corrected chi connectivity index (χ0v) is 18.1. The van der Waals surface area contributed by atoms with Crippen LogP contribution in [0.1, 0.15) is 17.7 Å². The Hall–Kier alpha value is -2.49. The van der Waals surface area contributed by atoms with Crippen LogP contribution in [-0.2, 0) is 6.42 Å². The summed E-state index contributed by atoms with van der Waals surface area (Å²) in [6.07, 6.45) is 5.64. The molecule has 0 radical (unpaired) electrons. The molecule has 2 aromatic heterocycles. The fourth-order valence-corrected chi connectivity index (χ4v) is 3.04. The maximum Gasteiger partial charge on any atom is 0.193 e. The van der Waals surface area contributed by atoms with E-state index in [0.29, 0.717) is 25.7 Å². The molecule has 0 fully saturated rings. The van der Waals surface area contributed by atoms with Gasteiger partial charge in [0.2, 0.25) is 0 Å². The number of rotatable bonds is 4. The van der Waals surface area contributed by atoms with Gasteiger partial charge in [0.05, 0.1) is 18.9 Å². The number of aliphatic imine (C=N–C) groups is 1. The molecular weight excluding hydrogens is 469 g/mol. The molecule has 7 nitrogen and oxygen atoms in total. The van der Waals surface area contributed by atoms with E-state index in [9.17, 15) is 0 Å². The average Bonchev–Trinajstić information content (AvgIpc) is 2.93. The van der Waals surface area contributed by atoms with Gasteiger partial charge < -0.3 is 24.9 Å². The van der Waals surface area contributed by atoms with Crippen molar-refractivity contribution in [3.8, 4) is 11.5 Å². The Balaban J connectivity index is 0.00000225. The van der Waals surface area contributed by atoms with E-state index in [2.05, 4.69) is 28.3 Å². The first-order valence-corrected chi connectivity index (χ1v) is 9.09. The van der Waals surface area contributed by atoms with Crippen molar-refractivity contribution < 1.29 is 9.47 Å². The Labute approximate surface area is 181 Å². The molecular formula is C20H24IN5O2. The first-order chi connectivity index (χ1) is 13.2. The van der Waals surface area contributed by atoms with E-state index in [1.807, 2.05) is 41.1 Å². The third-order valence-electron chi connectivity index (χ3n) is 4.40. The predicted molar refractivity (Wildman–Crippen MR) is 121 cm³/mol. The Morgan fingerprint density at radius 3 is 2.89 bits per heavy atom. The second-order valence-corrected chi connectivity index (χ2v) is 6.51. The first kappa shape index (κ1) is 20.2. The summed E-state index contributed by atoms with van der Waals surface area (Å²) in [5.41, 5.74) is 9.97. The van der Waals surface area contributed by atoms with Crippen LogP contribution in [-0.4, -0.2) is 35.1 Å². The molecule has 8 heteroatoms. The average molecular weight is 493 g/mol. The van der Waals surface area contributed by atoms with Gasteiger partial charge in [-0.2, -0.15) is 0 Å². The van der Waals surface area contributed by atoms with Gasteiger partial charge in [0, 0.05) is 43.5 Å². The van der Waals surface area contributed by atoms with Gasteiger partial charge in [-0.25, -0.2) is 4.98 Å². The van der Waals surface area contributed by atoms with E-state index in [0.717, 1.165) is 46.9 Å². The number of fused-ring (bicyclic) bond motifs is 2. The molecule has 3 heterocycles. The number of nitrogens with two attached hydrogens (primary N) is 1. The number of ether oxygens (including phenoxy) is 2. The lowest BCUT2D eigenvalue weighted by molar-refractivity contribution is 0.297. The molecule has 0 saturated carbocycles. The molecule has 0 unspecified atom stereocenters. The largest absolute Gasteiger partial charge is 0.490 e. The number of guanidine groups is 1. The number of aromatic nitrogens is 2. The number of nitrogens with one attached hydrogen (secondary N) is 1. The Kier molecular flexibility index (Phi) is 6.61. The van der Waals surface area contributed by atoms with E-state index in [-0.39, 0.29) is 24.0 Å². The molecule has 0 atom stereocenters. The summed E-state index contributed by atoms with van der Waals surface area (Å²) < 4.78 is 13.4. The number of hydrogen-bond donors (Lipinski definition) is 2. The molecule has 0 saturated heterocycles. The van der Waals surface area contributed by atoms with Crippen LogP contribution in [0, 0.1) is 6.92 Å². The maximum absolute atomic E-state index is 6.02. The van der Waals surface area contributed by atoms with Crippen LogP contribution in [0.5, 0.6) is 11.5 Å². The number of hydrogen-bond acceptors (Lipinski definition) is 4. The zero-order valence-electron chi connectivity index (χ0n) is 15.7. The van der Waals surface area contributed by atoms with Crippen molar-refractivity contribution in [3.63, 3.8) is 0 Å². The van der Waals surface area contributed by atoms with Gasteiger partial charge in [-0.15, -0.1) is 24.0 Å². The van der Waals surface area contributed by atoms with Crippen LogP contribution < -0.4 is 20.5 Å². The molecule has 1 aromatic carbocycles. The topological polar surface area (TPSA) is 86.2 Å². The number of nitrogens with zero attached hydrogens (tertiary/aromatic N) is 3. The highest BCUT2D eigenvalue weighted by Gasteiger charge is 2.11. The van der Waals surface area contributed by atoms with E-state index in [4.69, 9.17) is 15.2 Å². The fraction of sp³-hybridized carbons (Fsp3) is 0.300. The van der Waals surface area contributed by atoms with Crippen LogP contribution in [0.4, 0.5) is 5.69 Å². The minimum atomic E-state index is 0. The van der Waals surface area contributed by atoms with Gasteiger partial charge >= 0.3 is 0 Å². The molecule has 0 amide bonds. The van der Waals surface area contributed by atoms with Crippen molar-refractivity contribution in [1.29, 1.82) is 0 Å². The summed E-state index contributed by atoms with van der Waals surface area (Å²) in [4.78, 5) is 9.05. The molecule has 0 aliphatic carbocycles. The monoisotopic (exact) mass is 493 g/mol. The molecule has 0 bridgehead atoms. The van der Waals surface area contributed by atoms with Gasteiger partial charge in [0.15, 0.2) is 17.5 Å². The van der Waals surface area contributed by atoms with Crippen LogP contribution >= 0.6 is 24.0 Å². The van der Waals surface area contributed by atoms with Gasteiger partial charge in [0.25, 0.3) is 0 Å². The number of benzene rings is 1. The SMILES string of the molecule is Cc1cccn2cc(CCN=C(N)Nc3ccc4c(c3)OCCCO4)nc12.I. The number of anilines is 1. The minimum Gasteiger partial charge on any atom is -0.490 e. The van der Waals surface area contributed by atoms with Crippen molar-refractivity contribution >= 4 is 41.3 Å². The summed E-state index contributed by atoms with van der Waals surface area (Å²) in [6.45, 7) is 3.94. The van der Waals surface area contributed by atoms with E-state index < -0.39 is 0 Å². The standard InChI is InChI=1S/C20H23N5O2.HI/c1-14-4-2-9-25-13-16(23-19(14)25)7-8-22-20(21)24-15-5-6-17-18(12-15)27-11-3-10-26-17;/h2,4-6,9,12-13H,3,7-8,10-11H2,1H3,(H3,21,22,24);1H. The summed E-state index contributed by atoms with van der Waals surface area (Å²) >= 11 is 0. The number of pyridine rings is 1. The summed E-state index contributed by atoms with van der Waals surface area (Å²) in [5, 5.41) is 3.10. The van der Waals surface area contributed by atoms with Crippen LogP contribution in [0.25, 0.3) is 5.65 Å². The Morgan fingerprint density at radius 1 is 1.25 bits per heavy atom. The van der Waals surface area contributed by atoms with Crippen molar-refractivity contribution in [2.24, 2.45) is 10.7 Å². The van der Waals surface area contributed by atoms with E-state index in [1.54, 1.807) is 0 Å². The molecule has 28 heavy (non-hydrogen) atoms. The molecule has 148 valence electrons. The molecule has 3 N–H and O–H groups in total. The van der Waals surface area contributed by atoms with Gasteiger partial charge in [-0.3, -0.25) is 4.99 Å². The molecule has 4 rings (SSSR count). The van der Waals surface area contributed by atoms with E-state index >= 15 is 0 Å². The smallest absolute Gasteiger partial charge is 0.193 e. The molecule has 1 aliphatic rings. The second kappa shape index (κ2) is 9.13. The second-order valence-electron chi connectivity index (χ2n) is 6.51. The highest BCUT2D eigenvalue weighted by Crippen LogP contribution is 2.32. The summed E-state index contributed by atoms with van der Waals surface area (Å²) in [6, 6.07) is 9.74. The quantitative estimate of drug-likeness (QED) is 0.331. The van der Waals surface area contributed by atoms with Crippen LogP contribution in [0.3, 0.4) is 0 Å². The minimum absolute atomic E-state index is 0. The predicted octanol–water partition coefficient (Wildman–Crippen LogP) is 3.39. The molecule has 0 spiro atoms. The zero-order chi connectivity index (χ0) is 18.6. The third-order valence-corrected chi connectivity index (χ3v) is 4.40. The maximum atomic E-state index is 6.02. The highest BCUT2D eigenvalue weighted by atomic mass is 127. The van der Waals surface area contributed by atoms with Crippen molar-refractivity contribution in [3.05, 3.63) is 54.0 Å². The normalized spacial score (nSPS) is 13.7. The Bertz CT molecular complexity index is 986. The number of halogens is 1. The lowest BCUT2D eigenvalue weighted by Gasteiger charge is -2.10. The Morgan fingerprint density at radius 2 is 2.07 bits per heavy atom. The van der Waals surface area contributed by atoms with Gasteiger partial charge in [0.1, 0.15) is 5.65 Å².